The number of piperidine rings is 1. The predicted molar refractivity (Wildman–Crippen MR) is 56.1 cm³/mol. The minimum atomic E-state index is 0.130. The maximum absolute atomic E-state index is 11.5. The summed E-state index contributed by atoms with van der Waals surface area (Å²) in [6, 6.07) is 0. The van der Waals surface area contributed by atoms with Gasteiger partial charge in [-0.2, -0.15) is 0 Å². The molecule has 0 atom stereocenters. The van der Waals surface area contributed by atoms with E-state index in [0.717, 1.165) is 25.9 Å². The Balaban J connectivity index is 2.39. The van der Waals surface area contributed by atoms with Gasteiger partial charge in [0, 0.05) is 20.2 Å². The van der Waals surface area contributed by atoms with Gasteiger partial charge in [0.25, 0.3) is 0 Å². The molecule has 0 aliphatic carbocycles. The highest BCUT2D eigenvalue weighted by Crippen LogP contribution is 2.33. The second-order valence-corrected chi connectivity index (χ2v) is 4.48. The summed E-state index contributed by atoms with van der Waals surface area (Å²) in [5, 5.41) is 0. The standard InChI is InChI=1S/C11H21NO2/c1-4-11(2)5-7-12(8-6-11)10(13)9-14-3/h4-9H2,1-3H3. The van der Waals surface area contributed by atoms with Crippen LogP contribution in [0.3, 0.4) is 0 Å². The van der Waals surface area contributed by atoms with Crippen LogP contribution >= 0.6 is 0 Å². The van der Waals surface area contributed by atoms with Crippen molar-refractivity contribution in [3.05, 3.63) is 0 Å². The number of ether oxygens (including phenoxy) is 1. The first-order valence-electron chi connectivity index (χ1n) is 5.38. The van der Waals surface area contributed by atoms with Crippen molar-refractivity contribution in [2.75, 3.05) is 26.8 Å². The van der Waals surface area contributed by atoms with Crippen LogP contribution < -0.4 is 0 Å². The highest BCUT2D eigenvalue weighted by molar-refractivity contribution is 5.77. The Kier molecular flexibility index (Phi) is 3.93. The highest BCUT2D eigenvalue weighted by Gasteiger charge is 2.29. The Labute approximate surface area is 86.4 Å². The van der Waals surface area contributed by atoms with E-state index in [4.69, 9.17) is 4.74 Å². The monoisotopic (exact) mass is 199 g/mol. The molecule has 82 valence electrons. The number of hydrogen-bond donors (Lipinski definition) is 0. The Morgan fingerprint density at radius 3 is 2.43 bits per heavy atom. The molecule has 0 N–H and O–H groups in total. The van der Waals surface area contributed by atoms with E-state index in [2.05, 4.69) is 13.8 Å². The summed E-state index contributed by atoms with van der Waals surface area (Å²) in [6.07, 6.45) is 3.46. The van der Waals surface area contributed by atoms with Crippen molar-refractivity contribution in [1.29, 1.82) is 0 Å². The van der Waals surface area contributed by atoms with Crippen LogP contribution in [0.5, 0.6) is 0 Å². The van der Waals surface area contributed by atoms with Gasteiger partial charge in [-0.05, 0) is 18.3 Å². The van der Waals surface area contributed by atoms with Crippen molar-refractivity contribution in [2.45, 2.75) is 33.1 Å². The van der Waals surface area contributed by atoms with Crippen LogP contribution in [0.1, 0.15) is 33.1 Å². The molecule has 0 spiro atoms. The predicted octanol–water partition coefficient (Wildman–Crippen LogP) is 1.67. The van der Waals surface area contributed by atoms with Gasteiger partial charge < -0.3 is 9.64 Å². The van der Waals surface area contributed by atoms with E-state index >= 15 is 0 Å². The van der Waals surface area contributed by atoms with Crippen LogP contribution in [0.15, 0.2) is 0 Å². The van der Waals surface area contributed by atoms with Gasteiger partial charge in [0.1, 0.15) is 6.61 Å². The molecule has 1 fully saturated rings. The lowest BCUT2D eigenvalue weighted by Gasteiger charge is -2.38. The first-order valence-corrected chi connectivity index (χ1v) is 5.38. The average Bonchev–Trinajstić information content (AvgIpc) is 2.19. The van der Waals surface area contributed by atoms with Crippen molar-refractivity contribution in [3.8, 4) is 0 Å². The van der Waals surface area contributed by atoms with Crippen LogP contribution in [0.4, 0.5) is 0 Å². The number of carbonyl (C=O) groups is 1. The molecule has 1 amide bonds. The zero-order chi connectivity index (χ0) is 10.6. The van der Waals surface area contributed by atoms with Crippen molar-refractivity contribution < 1.29 is 9.53 Å². The van der Waals surface area contributed by atoms with Crippen LogP contribution in [-0.4, -0.2) is 37.6 Å². The fraction of sp³-hybridized carbons (Fsp3) is 0.909. The SMILES string of the molecule is CCC1(C)CCN(C(=O)COC)CC1. The fourth-order valence-corrected chi connectivity index (χ4v) is 1.86. The van der Waals surface area contributed by atoms with Crippen LogP contribution in [0, 0.1) is 5.41 Å². The fourth-order valence-electron chi connectivity index (χ4n) is 1.86. The van der Waals surface area contributed by atoms with Crippen molar-refractivity contribution in [3.63, 3.8) is 0 Å². The number of rotatable bonds is 3. The van der Waals surface area contributed by atoms with Crippen LogP contribution in [0.2, 0.25) is 0 Å². The zero-order valence-electron chi connectivity index (χ0n) is 9.51. The molecule has 1 heterocycles. The number of nitrogens with zero attached hydrogens (tertiary/aromatic N) is 1. The zero-order valence-corrected chi connectivity index (χ0v) is 9.51. The van der Waals surface area contributed by atoms with Crippen molar-refractivity contribution >= 4 is 5.91 Å². The number of likely N-dealkylation sites (tertiary alicyclic amines) is 1. The normalized spacial score (nSPS) is 20.9. The van der Waals surface area contributed by atoms with E-state index in [9.17, 15) is 4.79 Å². The molecule has 1 aliphatic rings. The van der Waals surface area contributed by atoms with Gasteiger partial charge in [-0.25, -0.2) is 0 Å². The van der Waals surface area contributed by atoms with Gasteiger partial charge in [0.2, 0.25) is 5.91 Å². The van der Waals surface area contributed by atoms with Gasteiger partial charge in [-0.15, -0.1) is 0 Å². The highest BCUT2D eigenvalue weighted by atomic mass is 16.5. The molecule has 14 heavy (non-hydrogen) atoms. The summed E-state index contributed by atoms with van der Waals surface area (Å²) in [5.41, 5.74) is 0.448. The minimum absolute atomic E-state index is 0.130. The molecule has 0 bridgehead atoms. The first kappa shape index (κ1) is 11.5. The van der Waals surface area contributed by atoms with Crippen LogP contribution in [0.25, 0.3) is 0 Å². The minimum Gasteiger partial charge on any atom is -0.375 e. The van der Waals surface area contributed by atoms with Gasteiger partial charge in [-0.3, -0.25) is 4.79 Å². The third-order valence-electron chi connectivity index (χ3n) is 3.44. The summed E-state index contributed by atoms with van der Waals surface area (Å²) in [4.78, 5) is 13.4. The number of amides is 1. The summed E-state index contributed by atoms with van der Waals surface area (Å²) in [7, 11) is 1.57. The van der Waals surface area contributed by atoms with E-state index in [1.807, 2.05) is 4.90 Å². The van der Waals surface area contributed by atoms with E-state index in [-0.39, 0.29) is 12.5 Å². The van der Waals surface area contributed by atoms with E-state index in [0.29, 0.717) is 5.41 Å². The molecule has 0 radical (unpaired) electrons. The van der Waals surface area contributed by atoms with Gasteiger partial charge in [0.15, 0.2) is 0 Å². The van der Waals surface area contributed by atoms with E-state index in [1.54, 1.807) is 7.11 Å². The third-order valence-corrected chi connectivity index (χ3v) is 3.44. The Bertz CT molecular complexity index is 195. The molecular weight excluding hydrogens is 178 g/mol. The molecule has 3 nitrogen and oxygen atoms in total. The third kappa shape index (κ3) is 2.71. The molecule has 1 rings (SSSR count). The number of carbonyl (C=O) groups excluding carboxylic acids is 1. The molecule has 0 aromatic rings. The topological polar surface area (TPSA) is 29.5 Å². The Morgan fingerprint density at radius 2 is 2.00 bits per heavy atom. The average molecular weight is 199 g/mol. The van der Waals surface area contributed by atoms with Crippen LogP contribution in [-0.2, 0) is 9.53 Å². The van der Waals surface area contributed by atoms with Gasteiger partial charge >= 0.3 is 0 Å². The first-order chi connectivity index (χ1) is 6.61. The molecule has 1 aliphatic heterocycles. The van der Waals surface area contributed by atoms with E-state index in [1.165, 1.54) is 6.42 Å². The molecule has 3 heteroatoms. The maximum Gasteiger partial charge on any atom is 0.248 e. The van der Waals surface area contributed by atoms with Crippen molar-refractivity contribution in [1.82, 2.24) is 4.90 Å². The summed E-state index contributed by atoms with van der Waals surface area (Å²) in [5.74, 6) is 0.130. The van der Waals surface area contributed by atoms with Gasteiger partial charge in [0.05, 0.1) is 0 Å². The maximum atomic E-state index is 11.5. The number of methoxy groups -OCH3 is 1. The molecule has 0 unspecified atom stereocenters. The molecule has 1 saturated heterocycles. The molecule has 0 saturated carbocycles. The quantitative estimate of drug-likeness (QED) is 0.692. The smallest absolute Gasteiger partial charge is 0.248 e. The number of hydrogen-bond acceptors (Lipinski definition) is 2. The largest absolute Gasteiger partial charge is 0.375 e. The van der Waals surface area contributed by atoms with E-state index < -0.39 is 0 Å². The summed E-state index contributed by atoms with van der Waals surface area (Å²) in [6.45, 7) is 6.56. The second-order valence-electron chi connectivity index (χ2n) is 4.48. The second kappa shape index (κ2) is 4.78. The summed E-state index contributed by atoms with van der Waals surface area (Å²) < 4.78 is 4.84. The summed E-state index contributed by atoms with van der Waals surface area (Å²) >= 11 is 0. The molecule has 0 aromatic carbocycles. The van der Waals surface area contributed by atoms with Gasteiger partial charge in [-0.1, -0.05) is 20.3 Å². The lowest BCUT2D eigenvalue weighted by atomic mass is 9.78. The molecule has 0 aromatic heterocycles. The molecular formula is C11H21NO2. The lowest BCUT2D eigenvalue weighted by Crippen LogP contribution is -2.43. The Morgan fingerprint density at radius 1 is 1.43 bits per heavy atom. The van der Waals surface area contributed by atoms with Crippen molar-refractivity contribution in [2.24, 2.45) is 5.41 Å². The lowest BCUT2D eigenvalue weighted by molar-refractivity contribution is -0.137. The Hall–Kier alpha value is -0.570.